The molecule has 1 nitrogen and oxygen atoms in total. The Morgan fingerprint density at radius 3 is 1.24 bits per heavy atom. The number of hydrogen-bond acceptors (Lipinski definition) is 1. The molecule has 45 heavy (non-hydrogen) atoms. The minimum absolute atomic E-state index is 0.0893. The lowest BCUT2D eigenvalue weighted by molar-refractivity contribution is 0.596. The Hall–Kier alpha value is -4.88. The lowest BCUT2D eigenvalue weighted by Gasteiger charge is -2.23. The molecule has 0 spiro atoms. The van der Waals surface area contributed by atoms with E-state index in [0.717, 1.165) is 22.6 Å². The van der Waals surface area contributed by atoms with Crippen molar-refractivity contribution < 1.29 is 4.42 Å². The van der Waals surface area contributed by atoms with Gasteiger partial charge in [-0.25, -0.2) is 0 Å². The fourth-order valence-corrected chi connectivity index (χ4v) is 8.48. The summed E-state index contributed by atoms with van der Waals surface area (Å²) in [4.78, 5) is 0. The largest absolute Gasteiger partial charge is 0.456 e. The molecule has 7 aromatic rings. The quantitative estimate of drug-likeness (QED) is 0.198. The number of fused-ring (bicyclic) bond motifs is 10. The first-order valence-corrected chi connectivity index (χ1v) is 16.1. The van der Waals surface area contributed by atoms with Crippen LogP contribution in [0.5, 0.6) is 0 Å². The van der Waals surface area contributed by atoms with E-state index in [0.29, 0.717) is 0 Å². The summed E-state index contributed by atoms with van der Waals surface area (Å²) in [5.41, 5.74) is 15.7. The molecule has 0 amide bonds. The minimum atomic E-state index is -0.0893. The molecule has 0 radical (unpaired) electrons. The van der Waals surface area contributed by atoms with Crippen LogP contribution in [-0.4, -0.2) is 0 Å². The van der Waals surface area contributed by atoms with Crippen LogP contribution in [0.4, 0.5) is 0 Å². The Labute approximate surface area is 265 Å². The summed E-state index contributed by atoms with van der Waals surface area (Å²) in [5, 5.41) is 5.36. The monoisotopic (exact) mass is 580 g/mol. The molecular formula is C44H36O. The Balaban J connectivity index is 1.12. The number of rotatable bonds is 2. The lowest BCUT2D eigenvalue weighted by Crippen LogP contribution is -2.15. The molecular weight excluding hydrogens is 544 g/mol. The summed E-state index contributed by atoms with van der Waals surface area (Å²) in [5.74, 6) is 1.82. The molecule has 0 atom stereocenters. The van der Waals surface area contributed by atoms with Crippen molar-refractivity contribution in [2.75, 3.05) is 0 Å². The smallest absolute Gasteiger partial charge is 0.134 e. The molecule has 2 aliphatic rings. The summed E-state index contributed by atoms with van der Waals surface area (Å²) in [6, 6.07) is 40.5. The van der Waals surface area contributed by atoms with Crippen LogP contribution < -0.4 is 0 Å². The van der Waals surface area contributed by atoms with E-state index < -0.39 is 0 Å². The topological polar surface area (TPSA) is 13.1 Å². The van der Waals surface area contributed by atoms with Gasteiger partial charge in [0.15, 0.2) is 0 Å². The summed E-state index contributed by atoms with van der Waals surface area (Å²) in [6.07, 6.45) is 0. The molecule has 9 rings (SSSR count). The number of hydrogen-bond donors (Lipinski definition) is 0. The Morgan fingerprint density at radius 2 is 0.822 bits per heavy atom. The van der Waals surface area contributed by atoms with Gasteiger partial charge >= 0.3 is 0 Å². The molecule has 6 aromatic carbocycles. The van der Waals surface area contributed by atoms with Gasteiger partial charge in [-0.05, 0) is 115 Å². The van der Waals surface area contributed by atoms with Gasteiger partial charge in [0.2, 0.25) is 0 Å². The molecule has 1 heterocycles. The summed E-state index contributed by atoms with van der Waals surface area (Å²) >= 11 is 0. The molecule has 0 saturated carbocycles. The third-order valence-corrected chi connectivity index (χ3v) is 10.9. The zero-order valence-electron chi connectivity index (χ0n) is 26.8. The molecule has 0 N–H and O–H groups in total. The Kier molecular flexibility index (Phi) is 5.22. The third kappa shape index (κ3) is 3.50. The molecule has 0 saturated heterocycles. The van der Waals surface area contributed by atoms with Crippen LogP contribution in [0.3, 0.4) is 0 Å². The highest BCUT2D eigenvalue weighted by Gasteiger charge is 2.38. The molecule has 218 valence electrons. The van der Waals surface area contributed by atoms with Crippen molar-refractivity contribution in [3.63, 3.8) is 0 Å². The second-order valence-corrected chi connectivity index (χ2v) is 14.3. The molecule has 0 fully saturated rings. The fourth-order valence-electron chi connectivity index (χ4n) is 8.48. The predicted octanol–water partition coefficient (Wildman–Crippen LogP) is 12.1. The minimum Gasteiger partial charge on any atom is -0.456 e. The van der Waals surface area contributed by atoms with E-state index in [1.54, 1.807) is 0 Å². The maximum absolute atomic E-state index is 6.64. The van der Waals surface area contributed by atoms with E-state index in [1.165, 1.54) is 77.2 Å². The van der Waals surface area contributed by atoms with Crippen LogP contribution in [0.25, 0.3) is 66.4 Å². The molecule has 0 unspecified atom stereocenters. The van der Waals surface area contributed by atoms with E-state index in [-0.39, 0.29) is 10.8 Å². The van der Waals surface area contributed by atoms with Crippen LogP contribution in [0.2, 0.25) is 0 Å². The van der Waals surface area contributed by atoms with Crippen molar-refractivity contribution in [3.05, 3.63) is 143 Å². The summed E-state index contributed by atoms with van der Waals surface area (Å²) < 4.78 is 6.64. The number of furan rings is 1. The van der Waals surface area contributed by atoms with Gasteiger partial charge in [0.1, 0.15) is 11.5 Å². The first-order chi connectivity index (χ1) is 21.6. The zero-order chi connectivity index (χ0) is 30.8. The summed E-state index contributed by atoms with van der Waals surface area (Å²) in [7, 11) is 0. The molecule has 0 bridgehead atoms. The van der Waals surface area contributed by atoms with Crippen LogP contribution in [-0.2, 0) is 10.8 Å². The number of benzene rings is 6. The lowest BCUT2D eigenvalue weighted by atomic mass is 9.81. The first-order valence-electron chi connectivity index (χ1n) is 16.1. The third-order valence-electron chi connectivity index (χ3n) is 10.9. The van der Waals surface area contributed by atoms with Crippen molar-refractivity contribution in [3.8, 4) is 44.9 Å². The maximum Gasteiger partial charge on any atom is 0.134 e. The van der Waals surface area contributed by atoms with E-state index in [1.807, 2.05) is 0 Å². The van der Waals surface area contributed by atoms with Gasteiger partial charge < -0.3 is 4.42 Å². The highest BCUT2D eigenvalue weighted by molar-refractivity contribution is 6.05. The SMILES string of the molecule is Cc1cc2c(c3ccccc13)-c1ccc(-c3ccc(-c4ccc5c(c4)C(C)(C)c4cc(C)c6ccccc6c4-5)o3)cc1C2(C)C. The van der Waals surface area contributed by atoms with Crippen LogP contribution in [0, 0.1) is 13.8 Å². The van der Waals surface area contributed by atoms with Crippen molar-refractivity contribution in [1.29, 1.82) is 0 Å². The van der Waals surface area contributed by atoms with Crippen molar-refractivity contribution in [2.45, 2.75) is 52.4 Å². The normalized spacial score (nSPS) is 15.2. The van der Waals surface area contributed by atoms with Gasteiger partial charge in [-0.2, -0.15) is 0 Å². The average molecular weight is 581 g/mol. The first kappa shape index (κ1) is 26.5. The molecule has 1 heteroatoms. The van der Waals surface area contributed by atoms with E-state index in [2.05, 4.69) is 151 Å². The average Bonchev–Trinajstić information content (AvgIpc) is 3.68. The molecule has 0 aliphatic heterocycles. The summed E-state index contributed by atoms with van der Waals surface area (Å²) in [6.45, 7) is 13.9. The van der Waals surface area contributed by atoms with E-state index >= 15 is 0 Å². The van der Waals surface area contributed by atoms with Crippen molar-refractivity contribution in [1.82, 2.24) is 0 Å². The van der Waals surface area contributed by atoms with E-state index in [4.69, 9.17) is 4.42 Å². The maximum atomic E-state index is 6.64. The zero-order valence-corrected chi connectivity index (χ0v) is 26.8. The standard InChI is InChI=1S/C44H36O/c1-25-21-37-41(31-13-9-7-11-29(25)31)33-17-15-27(23-35(33)43(37,3)4)39-19-20-40(45-39)28-16-18-34-36(24-28)44(5,6)38-22-26(2)30-12-8-10-14-32(30)42(34)38/h7-24H,1-6H3. The Morgan fingerprint density at radius 1 is 0.422 bits per heavy atom. The van der Waals surface area contributed by atoms with Gasteiger partial charge in [-0.1, -0.05) is 113 Å². The second-order valence-electron chi connectivity index (χ2n) is 14.3. The van der Waals surface area contributed by atoms with Gasteiger partial charge in [0.25, 0.3) is 0 Å². The van der Waals surface area contributed by atoms with Gasteiger partial charge in [-0.3, -0.25) is 0 Å². The molecule has 1 aromatic heterocycles. The van der Waals surface area contributed by atoms with Gasteiger partial charge in [0.05, 0.1) is 0 Å². The fraction of sp³-hybridized carbons (Fsp3) is 0.182. The van der Waals surface area contributed by atoms with Crippen LogP contribution in [0.15, 0.2) is 114 Å². The van der Waals surface area contributed by atoms with Crippen molar-refractivity contribution >= 4 is 21.5 Å². The predicted molar refractivity (Wildman–Crippen MR) is 189 cm³/mol. The second kappa shape index (κ2) is 8.86. The number of aryl methyl sites for hydroxylation is 2. The van der Waals surface area contributed by atoms with Crippen LogP contribution >= 0.6 is 0 Å². The van der Waals surface area contributed by atoms with Gasteiger partial charge in [-0.15, -0.1) is 0 Å². The highest BCUT2D eigenvalue weighted by Crippen LogP contribution is 2.54. The highest BCUT2D eigenvalue weighted by atomic mass is 16.3. The van der Waals surface area contributed by atoms with Crippen molar-refractivity contribution in [2.24, 2.45) is 0 Å². The Bertz CT molecular complexity index is 2230. The van der Waals surface area contributed by atoms with Gasteiger partial charge in [0, 0.05) is 22.0 Å². The molecule has 2 aliphatic carbocycles. The van der Waals surface area contributed by atoms with E-state index in [9.17, 15) is 0 Å². The van der Waals surface area contributed by atoms with Crippen LogP contribution in [0.1, 0.15) is 61.1 Å².